The minimum absolute atomic E-state index is 0.0838. The van der Waals surface area contributed by atoms with E-state index in [4.69, 9.17) is 11.6 Å². The molecule has 5 heteroatoms. The lowest BCUT2D eigenvalue weighted by Crippen LogP contribution is -2.14. The first-order valence-corrected chi connectivity index (χ1v) is 6.33. The molecule has 0 aromatic heterocycles. The van der Waals surface area contributed by atoms with Crippen LogP contribution in [-0.2, 0) is 0 Å². The van der Waals surface area contributed by atoms with Crippen LogP contribution in [0.25, 0.3) is 0 Å². The van der Waals surface area contributed by atoms with Gasteiger partial charge >= 0.3 is 0 Å². The molecule has 104 valence electrons. The lowest BCUT2D eigenvalue weighted by molar-refractivity contribution is 0.102. The molecule has 0 atom stereocenters. The maximum atomic E-state index is 13.7. The van der Waals surface area contributed by atoms with Crippen LogP contribution in [0.4, 0.5) is 10.1 Å². The second-order valence-electron chi connectivity index (χ2n) is 4.53. The summed E-state index contributed by atoms with van der Waals surface area (Å²) in [5.41, 5.74) is 1.76. The Kier molecular flexibility index (Phi) is 3.95. The van der Waals surface area contributed by atoms with Crippen LogP contribution in [0.2, 0.25) is 5.02 Å². The number of halogens is 2. The zero-order valence-electron chi connectivity index (χ0n) is 11.0. The minimum atomic E-state index is -0.678. The van der Waals surface area contributed by atoms with Gasteiger partial charge in [0, 0.05) is 10.7 Å². The number of hydrogen-bond donors (Lipinski definition) is 2. The summed E-state index contributed by atoms with van der Waals surface area (Å²) in [4.78, 5) is 12.0. The Morgan fingerprint density at radius 2 is 1.90 bits per heavy atom. The van der Waals surface area contributed by atoms with E-state index in [9.17, 15) is 14.3 Å². The summed E-state index contributed by atoms with van der Waals surface area (Å²) in [6.07, 6.45) is 0. The van der Waals surface area contributed by atoms with Gasteiger partial charge in [0.2, 0.25) is 0 Å². The third kappa shape index (κ3) is 2.91. The summed E-state index contributed by atoms with van der Waals surface area (Å²) < 4.78 is 13.7. The number of rotatable bonds is 2. The second kappa shape index (κ2) is 5.51. The number of aromatic hydroxyl groups is 1. The molecule has 0 unspecified atom stereocenters. The van der Waals surface area contributed by atoms with Gasteiger partial charge in [-0.1, -0.05) is 11.6 Å². The number of hydrogen-bond acceptors (Lipinski definition) is 2. The Labute approximate surface area is 121 Å². The first kappa shape index (κ1) is 14.3. The van der Waals surface area contributed by atoms with Gasteiger partial charge in [-0.05, 0) is 55.3 Å². The molecule has 0 saturated heterocycles. The topological polar surface area (TPSA) is 49.3 Å². The fourth-order valence-corrected chi connectivity index (χ4v) is 1.96. The van der Waals surface area contributed by atoms with Gasteiger partial charge in [0.1, 0.15) is 11.6 Å². The number of phenols is 1. The summed E-state index contributed by atoms with van der Waals surface area (Å²) in [6.45, 7) is 3.46. The monoisotopic (exact) mass is 293 g/mol. The smallest absolute Gasteiger partial charge is 0.258 e. The standard InChI is InChI=1S/C15H13ClFNO2/c1-8-6-14(19)9(2)5-13(8)18-15(20)11-4-3-10(16)7-12(11)17/h3-7,19H,1-2H3,(H,18,20). The molecule has 3 nitrogen and oxygen atoms in total. The fraction of sp³-hybridized carbons (Fsp3) is 0.133. The van der Waals surface area contributed by atoms with Crippen molar-refractivity contribution in [1.82, 2.24) is 0 Å². The Bertz CT molecular complexity index is 686. The Balaban J connectivity index is 2.30. The quantitative estimate of drug-likeness (QED) is 0.821. The van der Waals surface area contributed by atoms with Crippen molar-refractivity contribution in [2.45, 2.75) is 13.8 Å². The van der Waals surface area contributed by atoms with Crippen molar-refractivity contribution in [2.75, 3.05) is 5.32 Å². The number of nitrogens with one attached hydrogen (secondary N) is 1. The highest BCUT2D eigenvalue weighted by Crippen LogP contribution is 2.25. The molecule has 0 aliphatic heterocycles. The molecule has 0 aliphatic rings. The average Bonchev–Trinajstić information content (AvgIpc) is 2.35. The van der Waals surface area contributed by atoms with Crippen molar-refractivity contribution >= 4 is 23.2 Å². The maximum absolute atomic E-state index is 13.7. The number of carbonyl (C=O) groups excluding carboxylic acids is 1. The molecule has 0 aliphatic carbocycles. The van der Waals surface area contributed by atoms with E-state index in [1.54, 1.807) is 26.0 Å². The average molecular weight is 294 g/mol. The lowest BCUT2D eigenvalue weighted by atomic mass is 10.1. The molecule has 20 heavy (non-hydrogen) atoms. The second-order valence-corrected chi connectivity index (χ2v) is 4.97. The molecule has 2 aromatic rings. The van der Waals surface area contributed by atoms with Gasteiger partial charge in [-0.15, -0.1) is 0 Å². The normalized spacial score (nSPS) is 10.4. The summed E-state index contributed by atoms with van der Waals surface area (Å²) >= 11 is 5.65. The molecule has 0 bridgehead atoms. The van der Waals surface area contributed by atoms with E-state index in [0.717, 1.165) is 6.07 Å². The van der Waals surface area contributed by atoms with Gasteiger partial charge in [-0.3, -0.25) is 4.79 Å². The predicted octanol–water partition coefficient (Wildman–Crippen LogP) is 4.05. The molecule has 2 rings (SSSR count). The number of carbonyl (C=O) groups is 1. The van der Waals surface area contributed by atoms with Crippen LogP contribution >= 0.6 is 11.6 Å². The van der Waals surface area contributed by atoms with Crippen LogP contribution < -0.4 is 5.32 Å². The van der Waals surface area contributed by atoms with Gasteiger partial charge in [-0.2, -0.15) is 0 Å². The largest absolute Gasteiger partial charge is 0.508 e. The molecular formula is C15H13ClFNO2. The molecule has 2 N–H and O–H groups in total. The SMILES string of the molecule is Cc1cc(NC(=O)c2ccc(Cl)cc2F)c(C)cc1O. The van der Waals surface area contributed by atoms with Crippen LogP contribution in [0.1, 0.15) is 21.5 Å². The Hall–Kier alpha value is -2.07. The van der Waals surface area contributed by atoms with Crippen molar-refractivity contribution in [3.8, 4) is 5.75 Å². The van der Waals surface area contributed by atoms with E-state index in [0.29, 0.717) is 16.8 Å². The first-order valence-electron chi connectivity index (χ1n) is 5.95. The third-order valence-electron chi connectivity index (χ3n) is 2.97. The van der Waals surface area contributed by atoms with E-state index in [1.807, 2.05) is 0 Å². The summed E-state index contributed by atoms with van der Waals surface area (Å²) in [5, 5.41) is 12.4. The Morgan fingerprint density at radius 1 is 1.20 bits per heavy atom. The van der Waals surface area contributed by atoms with Crippen LogP contribution in [-0.4, -0.2) is 11.0 Å². The van der Waals surface area contributed by atoms with Gasteiger partial charge in [-0.25, -0.2) is 4.39 Å². The van der Waals surface area contributed by atoms with E-state index in [2.05, 4.69) is 5.32 Å². The molecule has 1 amide bonds. The van der Waals surface area contributed by atoms with E-state index in [1.165, 1.54) is 12.1 Å². The molecule has 0 spiro atoms. The van der Waals surface area contributed by atoms with Crippen LogP contribution in [0, 0.1) is 19.7 Å². The number of phenolic OH excluding ortho intramolecular Hbond substituents is 1. The number of aryl methyl sites for hydroxylation is 2. The van der Waals surface area contributed by atoms with Gasteiger partial charge in [0.25, 0.3) is 5.91 Å². The van der Waals surface area contributed by atoms with Crippen molar-refractivity contribution in [3.63, 3.8) is 0 Å². The van der Waals surface area contributed by atoms with Crippen molar-refractivity contribution in [2.24, 2.45) is 0 Å². The van der Waals surface area contributed by atoms with E-state index in [-0.39, 0.29) is 16.3 Å². The van der Waals surface area contributed by atoms with Gasteiger partial charge in [0.05, 0.1) is 5.56 Å². The highest BCUT2D eigenvalue weighted by Gasteiger charge is 2.14. The molecule has 2 aromatic carbocycles. The molecule has 0 radical (unpaired) electrons. The molecular weight excluding hydrogens is 281 g/mol. The highest BCUT2D eigenvalue weighted by atomic mass is 35.5. The lowest BCUT2D eigenvalue weighted by Gasteiger charge is -2.11. The molecule has 0 saturated carbocycles. The van der Waals surface area contributed by atoms with E-state index < -0.39 is 11.7 Å². The van der Waals surface area contributed by atoms with Crippen LogP contribution in [0.3, 0.4) is 0 Å². The van der Waals surface area contributed by atoms with Crippen LogP contribution in [0.5, 0.6) is 5.75 Å². The zero-order valence-corrected chi connectivity index (χ0v) is 11.8. The van der Waals surface area contributed by atoms with Gasteiger partial charge in [0.15, 0.2) is 0 Å². The third-order valence-corrected chi connectivity index (χ3v) is 3.20. The Morgan fingerprint density at radius 3 is 2.55 bits per heavy atom. The molecule has 0 heterocycles. The van der Waals surface area contributed by atoms with Crippen molar-refractivity contribution in [3.05, 3.63) is 57.9 Å². The molecule has 0 fully saturated rings. The minimum Gasteiger partial charge on any atom is -0.508 e. The number of anilines is 1. The summed E-state index contributed by atoms with van der Waals surface area (Å²) in [6, 6.07) is 7.05. The highest BCUT2D eigenvalue weighted by molar-refractivity contribution is 6.30. The predicted molar refractivity (Wildman–Crippen MR) is 76.9 cm³/mol. The summed E-state index contributed by atoms with van der Waals surface area (Å²) in [5.74, 6) is -1.09. The number of benzene rings is 2. The maximum Gasteiger partial charge on any atom is 0.258 e. The van der Waals surface area contributed by atoms with E-state index >= 15 is 0 Å². The van der Waals surface area contributed by atoms with Crippen LogP contribution in [0.15, 0.2) is 30.3 Å². The van der Waals surface area contributed by atoms with Gasteiger partial charge < -0.3 is 10.4 Å². The zero-order chi connectivity index (χ0) is 14.9. The number of amides is 1. The summed E-state index contributed by atoms with van der Waals surface area (Å²) in [7, 11) is 0. The van der Waals surface area contributed by atoms with Crippen molar-refractivity contribution in [1.29, 1.82) is 0 Å². The van der Waals surface area contributed by atoms with Crippen molar-refractivity contribution < 1.29 is 14.3 Å². The fourth-order valence-electron chi connectivity index (χ4n) is 1.80. The first-order chi connectivity index (χ1) is 9.38.